The molecule has 1 fully saturated rings. The fraction of sp³-hybridized carbons (Fsp3) is 0.429. The maximum Gasteiger partial charge on any atom is 0.250 e. The van der Waals surface area contributed by atoms with Crippen molar-refractivity contribution in [2.45, 2.75) is 13.3 Å². The Balaban J connectivity index is 1.62. The first-order valence-corrected chi connectivity index (χ1v) is 9.82. The van der Waals surface area contributed by atoms with E-state index in [1.54, 1.807) is 4.90 Å². The van der Waals surface area contributed by atoms with Gasteiger partial charge in [-0.2, -0.15) is 9.66 Å². The lowest BCUT2D eigenvalue weighted by molar-refractivity contribution is -0.906. The fourth-order valence-electron chi connectivity index (χ4n) is 4.65. The number of imidazole rings is 1. The summed E-state index contributed by atoms with van der Waals surface area (Å²) in [5.41, 5.74) is 6.36. The molecular weight excluding hydrogens is 338 g/mol. The molecule has 0 aliphatic carbocycles. The van der Waals surface area contributed by atoms with Gasteiger partial charge in [0.25, 0.3) is 0 Å². The Labute approximate surface area is 158 Å². The summed E-state index contributed by atoms with van der Waals surface area (Å²) in [5.74, 6) is 1.27. The van der Waals surface area contributed by atoms with Crippen LogP contribution in [0.4, 0.5) is 5.82 Å². The van der Waals surface area contributed by atoms with Crippen LogP contribution >= 0.6 is 0 Å². The molecule has 0 atom stereocenters. The van der Waals surface area contributed by atoms with Crippen molar-refractivity contribution in [3.63, 3.8) is 0 Å². The number of aromatic nitrogens is 2. The number of hydrogen-bond donors (Lipinski definition) is 2. The number of fused-ring (bicyclic) bond motifs is 5. The van der Waals surface area contributed by atoms with E-state index in [1.807, 2.05) is 6.07 Å². The molecule has 1 aromatic carbocycles. The van der Waals surface area contributed by atoms with Crippen LogP contribution in [0.1, 0.15) is 16.7 Å². The van der Waals surface area contributed by atoms with Crippen LogP contribution in [0.5, 0.6) is 0 Å². The summed E-state index contributed by atoms with van der Waals surface area (Å²) in [6.07, 6.45) is 1.01. The Bertz CT molecular complexity index is 1060. The lowest BCUT2D eigenvalue weighted by atomic mass is 10.0. The number of nitrogens with one attached hydrogen (secondary N) is 2. The summed E-state index contributed by atoms with van der Waals surface area (Å²) in [7, 11) is 0. The molecule has 3 aromatic rings. The molecule has 0 radical (unpaired) electrons. The van der Waals surface area contributed by atoms with E-state index in [0.717, 1.165) is 80.2 Å². The van der Waals surface area contributed by atoms with Crippen molar-refractivity contribution in [1.29, 1.82) is 5.26 Å². The van der Waals surface area contributed by atoms with Gasteiger partial charge in [0.15, 0.2) is 0 Å². The third kappa shape index (κ3) is 2.58. The lowest BCUT2D eigenvalue weighted by Gasteiger charge is -2.25. The molecule has 6 heteroatoms. The third-order valence-electron chi connectivity index (χ3n) is 6.15. The maximum atomic E-state index is 9.80. The zero-order valence-electron chi connectivity index (χ0n) is 15.7. The van der Waals surface area contributed by atoms with Crippen LogP contribution in [0.3, 0.4) is 0 Å². The number of nitriles is 1. The number of quaternary nitrogens is 1. The minimum Gasteiger partial charge on any atom is -0.370 e. The topological polar surface area (TPSA) is 60.6 Å². The van der Waals surface area contributed by atoms with Crippen molar-refractivity contribution in [2.75, 3.05) is 50.8 Å². The highest BCUT2D eigenvalue weighted by Gasteiger charge is 2.34. The van der Waals surface area contributed by atoms with E-state index in [1.165, 1.54) is 11.4 Å². The highest BCUT2D eigenvalue weighted by atomic mass is 16.5. The molecule has 0 amide bonds. The summed E-state index contributed by atoms with van der Waals surface area (Å²) in [6.45, 7) is 9.24. The number of aromatic amines is 1. The van der Waals surface area contributed by atoms with Gasteiger partial charge in [-0.1, -0.05) is 12.1 Å². The van der Waals surface area contributed by atoms with Gasteiger partial charge < -0.3 is 9.64 Å². The predicted octanol–water partition coefficient (Wildman–Crippen LogP) is 0.364. The van der Waals surface area contributed by atoms with Crippen LogP contribution in [-0.2, 0) is 11.2 Å². The minimum atomic E-state index is 0.769. The first kappa shape index (κ1) is 16.5. The molecule has 27 heavy (non-hydrogen) atoms. The van der Waals surface area contributed by atoms with Crippen molar-refractivity contribution in [2.24, 2.45) is 0 Å². The van der Waals surface area contributed by atoms with Gasteiger partial charge in [-0.05, 0) is 24.6 Å². The van der Waals surface area contributed by atoms with Crippen LogP contribution in [0.2, 0.25) is 0 Å². The Morgan fingerprint density at radius 3 is 2.93 bits per heavy atom. The number of hydrogen-bond acceptors (Lipinski definition) is 3. The van der Waals surface area contributed by atoms with E-state index in [9.17, 15) is 5.26 Å². The zero-order valence-corrected chi connectivity index (χ0v) is 15.7. The van der Waals surface area contributed by atoms with Gasteiger partial charge in [0.2, 0.25) is 11.5 Å². The number of morpholine rings is 1. The van der Waals surface area contributed by atoms with Crippen LogP contribution in [0, 0.1) is 18.3 Å². The van der Waals surface area contributed by atoms with E-state index in [2.05, 4.69) is 45.5 Å². The van der Waals surface area contributed by atoms with Crippen molar-refractivity contribution in [3.8, 4) is 6.07 Å². The molecule has 2 aliphatic heterocycles. The summed E-state index contributed by atoms with van der Waals surface area (Å²) in [4.78, 5) is 7.62. The maximum absolute atomic E-state index is 9.80. The van der Waals surface area contributed by atoms with Crippen molar-refractivity contribution in [3.05, 3.63) is 41.0 Å². The standard InChI is InChI=1S/C21H23N5O/c1-15-16-6-7-25(9-8-24-10-12-27-13-11-24)21(16)26-19-5-3-2-4-18(19)23-20(26)17(15)14-22/h2-5H,6-13H2,1H3/p+2. The second kappa shape index (κ2) is 6.52. The number of anilines is 1. The summed E-state index contributed by atoms with van der Waals surface area (Å²) in [6, 6.07) is 10.8. The number of para-hydroxylation sites is 2. The quantitative estimate of drug-likeness (QED) is 0.661. The van der Waals surface area contributed by atoms with Gasteiger partial charge in [0, 0.05) is 12.0 Å². The summed E-state index contributed by atoms with van der Waals surface area (Å²) < 4.78 is 7.77. The predicted molar refractivity (Wildman–Crippen MR) is 103 cm³/mol. The van der Waals surface area contributed by atoms with Crippen molar-refractivity contribution >= 4 is 22.5 Å². The molecule has 6 nitrogen and oxygen atoms in total. The number of rotatable bonds is 3. The van der Waals surface area contributed by atoms with E-state index in [-0.39, 0.29) is 0 Å². The fourth-order valence-corrected chi connectivity index (χ4v) is 4.65. The van der Waals surface area contributed by atoms with Gasteiger partial charge in [0.05, 0.1) is 19.8 Å². The van der Waals surface area contributed by atoms with Crippen LogP contribution < -0.4 is 14.2 Å². The lowest BCUT2D eigenvalue weighted by Crippen LogP contribution is -3.14. The van der Waals surface area contributed by atoms with Gasteiger partial charge in [-0.25, -0.2) is 0 Å². The first-order chi connectivity index (χ1) is 13.3. The highest BCUT2D eigenvalue weighted by molar-refractivity contribution is 5.78. The van der Waals surface area contributed by atoms with Gasteiger partial charge >= 0.3 is 0 Å². The van der Waals surface area contributed by atoms with Crippen LogP contribution in [0.15, 0.2) is 24.3 Å². The zero-order chi connectivity index (χ0) is 18.4. The van der Waals surface area contributed by atoms with Gasteiger partial charge in [-0.15, -0.1) is 0 Å². The molecule has 2 N–H and O–H groups in total. The Hall–Kier alpha value is -2.62. The third-order valence-corrected chi connectivity index (χ3v) is 6.15. The summed E-state index contributed by atoms with van der Waals surface area (Å²) >= 11 is 0. The molecular formula is C21H25N5O+2. The van der Waals surface area contributed by atoms with Gasteiger partial charge in [0.1, 0.15) is 48.8 Å². The number of pyridine rings is 1. The molecule has 0 bridgehead atoms. The molecule has 0 spiro atoms. The van der Waals surface area contributed by atoms with E-state index < -0.39 is 0 Å². The molecule has 138 valence electrons. The largest absolute Gasteiger partial charge is 0.370 e. The number of H-pyrrole nitrogens is 1. The van der Waals surface area contributed by atoms with E-state index >= 15 is 0 Å². The normalized spacial score (nSPS) is 17.6. The van der Waals surface area contributed by atoms with Crippen LogP contribution in [-0.4, -0.2) is 50.9 Å². The second-order valence-electron chi connectivity index (χ2n) is 7.59. The highest BCUT2D eigenvalue weighted by Crippen LogP contribution is 2.31. The van der Waals surface area contributed by atoms with E-state index in [0.29, 0.717) is 0 Å². The molecule has 1 saturated heterocycles. The Morgan fingerprint density at radius 2 is 2.11 bits per heavy atom. The SMILES string of the molecule is Cc1c2c([n+]3c([nH]c4ccccc43)c1C#N)N(CC[NH+]1CCOCC1)CC2. The molecule has 2 aromatic heterocycles. The second-order valence-corrected chi connectivity index (χ2v) is 7.59. The average Bonchev–Trinajstić information content (AvgIpc) is 3.29. The molecule has 2 aliphatic rings. The average molecular weight is 363 g/mol. The first-order valence-electron chi connectivity index (χ1n) is 9.82. The Kier molecular flexibility index (Phi) is 4.00. The molecule has 0 saturated carbocycles. The number of ether oxygens (including phenoxy) is 1. The van der Waals surface area contributed by atoms with Crippen molar-refractivity contribution in [1.82, 2.24) is 4.98 Å². The monoisotopic (exact) mass is 363 g/mol. The minimum absolute atomic E-state index is 0.769. The summed E-state index contributed by atoms with van der Waals surface area (Å²) in [5, 5.41) is 9.80. The number of nitrogens with zero attached hydrogens (tertiary/aromatic N) is 3. The molecule has 0 unspecified atom stereocenters. The molecule has 4 heterocycles. The number of benzene rings is 1. The Morgan fingerprint density at radius 1 is 1.30 bits per heavy atom. The van der Waals surface area contributed by atoms with Gasteiger partial charge in [-0.3, -0.25) is 9.88 Å². The van der Waals surface area contributed by atoms with E-state index in [4.69, 9.17) is 4.74 Å². The van der Waals surface area contributed by atoms with Crippen molar-refractivity contribution < 1.29 is 14.0 Å². The smallest absolute Gasteiger partial charge is 0.250 e. The van der Waals surface area contributed by atoms with Crippen LogP contribution in [0.25, 0.3) is 16.7 Å². The molecule has 5 rings (SSSR count).